The number of ether oxygens (including phenoxy) is 1. The van der Waals surface area contributed by atoms with Gasteiger partial charge in [0.25, 0.3) is 0 Å². The molecule has 86 valence electrons. The average molecular weight is 303 g/mol. The van der Waals surface area contributed by atoms with E-state index in [-0.39, 0.29) is 11.7 Å². The summed E-state index contributed by atoms with van der Waals surface area (Å²) < 4.78 is 5.69. The zero-order chi connectivity index (χ0) is 12.0. The lowest BCUT2D eigenvalue weighted by Gasteiger charge is -2.05. The molecular weight excluding hydrogens is 292 g/mol. The molecule has 0 fully saturated rings. The fourth-order valence-corrected chi connectivity index (χ4v) is 2.43. The summed E-state index contributed by atoms with van der Waals surface area (Å²) in [4.78, 5) is 22.7. The summed E-state index contributed by atoms with van der Waals surface area (Å²) in [5.41, 5.74) is 0.581. The number of rotatable bonds is 5. The van der Waals surface area contributed by atoms with Crippen molar-refractivity contribution in [1.82, 2.24) is 0 Å². The average Bonchev–Trinajstić information content (AvgIpc) is 2.27. The second-order valence-electron chi connectivity index (χ2n) is 2.89. The number of aldehydes is 1. The lowest BCUT2D eigenvalue weighted by Crippen LogP contribution is -2.06. The molecule has 0 saturated carbocycles. The van der Waals surface area contributed by atoms with Crippen LogP contribution in [0.5, 0.6) is 0 Å². The van der Waals surface area contributed by atoms with Gasteiger partial charge in [0.05, 0.1) is 12.4 Å². The van der Waals surface area contributed by atoms with Gasteiger partial charge in [-0.25, -0.2) is 0 Å². The van der Waals surface area contributed by atoms with E-state index in [0.717, 1.165) is 15.7 Å². The van der Waals surface area contributed by atoms with Crippen LogP contribution in [0.3, 0.4) is 0 Å². The van der Waals surface area contributed by atoms with Gasteiger partial charge in [0.15, 0.2) is 6.29 Å². The number of hydrogen-bond acceptors (Lipinski definition) is 4. The minimum atomic E-state index is -0.274. The molecular formula is C11H11BrO3S. The van der Waals surface area contributed by atoms with Crippen molar-refractivity contribution in [2.45, 2.75) is 11.8 Å². The van der Waals surface area contributed by atoms with Crippen molar-refractivity contribution in [3.05, 3.63) is 28.2 Å². The SMILES string of the molecule is CCOC(=O)CSc1cc(Br)ccc1C=O. The van der Waals surface area contributed by atoms with E-state index in [1.54, 1.807) is 19.1 Å². The molecule has 0 radical (unpaired) electrons. The van der Waals surface area contributed by atoms with Gasteiger partial charge in [-0.3, -0.25) is 9.59 Å². The van der Waals surface area contributed by atoms with Crippen LogP contribution < -0.4 is 0 Å². The van der Waals surface area contributed by atoms with E-state index in [4.69, 9.17) is 4.74 Å². The molecule has 0 spiro atoms. The number of carbonyl (C=O) groups is 2. The van der Waals surface area contributed by atoms with Gasteiger partial charge in [0, 0.05) is 14.9 Å². The highest BCUT2D eigenvalue weighted by Gasteiger charge is 2.07. The second-order valence-corrected chi connectivity index (χ2v) is 4.83. The summed E-state index contributed by atoms with van der Waals surface area (Å²) in [6, 6.07) is 5.32. The van der Waals surface area contributed by atoms with Crippen molar-refractivity contribution in [2.75, 3.05) is 12.4 Å². The number of benzene rings is 1. The van der Waals surface area contributed by atoms with Crippen LogP contribution in [-0.4, -0.2) is 24.6 Å². The predicted octanol–water partition coefficient (Wildman–Crippen LogP) is 2.92. The molecule has 0 atom stereocenters. The normalized spacial score (nSPS) is 9.88. The first-order valence-corrected chi connectivity index (χ1v) is 6.48. The largest absolute Gasteiger partial charge is 0.465 e. The monoisotopic (exact) mass is 302 g/mol. The summed E-state index contributed by atoms with van der Waals surface area (Å²) in [5, 5.41) is 0. The van der Waals surface area contributed by atoms with Gasteiger partial charge in [-0.05, 0) is 25.1 Å². The van der Waals surface area contributed by atoms with Crippen LogP contribution in [0, 0.1) is 0 Å². The van der Waals surface area contributed by atoms with Crippen molar-refractivity contribution < 1.29 is 14.3 Å². The Hall–Kier alpha value is -0.810. The number of hydrogen-bond donors (Lipinski definition) is 0. The van der Waals surface area contributed by atoms with E-state index >= 15 is 0 Å². The topological polar surface area (TPSA) is 43.4 Å². The molecule has 0 aliphatic carbocycles. The maximum atomic E-state index is 11.2. The van der Waals surface area contributed by atoms with Crippen molar-refractivity contribution in [1.29, 1.82) is 0 Å². The van der Waals surface area contributed by atoms with E-state index < -0.39 is 0 Å². The molecule has 1 rings (SSSR count). The van der Waals surface area contributed by atoms with Crippen molar-refractivity contribution in [3.63, 3.8) is 0 Å². The highest BCUT2D eigenvalue weighted by atomic mass is 79.9. The first-order valence-electron chi connectivity index (χ1n) is 4.70. The molecule has 5 heteroatoms. The molecule has 16 heavy (non-hydrogen) atoms. The molecule has 0 N–H and O–H groups in total. The fourth-order valence-electron chi connectivity index (χ4n) is 1.07. The standard InChI is InChI=1S/C11H11BrO3S/c1-2-15-11(14)7-16-10-5-9(12)4-3-8(10)6-13/h3-6H,2,7H2,1H3. The van der Waals surface area contributed by atoms with Crippen molar-refractivity contribution >= 4 is 39.9 Å². The van der Waals surface area contributed by atoms with Crippen molar-refractivity contribution in [2.24, 2.45) is 0 Å². The van der Waals surface area contributed by atoms with E-state index in [2.05, 4.69) is 15.9 Å². The third-order valence-electron chi connectivity index (χ3n) is 1.75. The Kier molecular flexibility index (Phi) is 5.55. The number of thioether (sulfide) groups is 1. The van der Waals surface area contributed by atoms with Gasteiger partial charge in [0.2, 0.25) is 0 Å². The van der Waals surface area contributed by atoms with Gasteiger partial charge < -0.3 is 4.74 Å². The van der Waals surface area contributed by atoms with Gasteiger partial charge in [0.1, 0.15) is 0 Å². The van der Waals surface area contributed by atoms with Crippen molar-refractivity contribution in [3.8, 4) is 0 Å². The third kappa shape index (κ3) is 3.98. The minimum Gasteiger partial charge on any atom is -0.465 e. The molecule has 0 aliphatic heterocycles. The summed E-state index contributed by atoms with van der Waals surface area (Å²) in [6.45, 7) is 2.14. The maximum Gasteiger partial charge on any atom is 0.316 e. The highest BCUT2D eigenvalue weighted by molar-refractivity contribution is 9.10. The summed E-state index contributed by atoms with van der Waals surface area (Å²) in [6.07, 6.45) is 0.778. The predicted molar refractivity (Wildman–Crippen MR) is 66.9 cm³/mol. The molecule has 0 heterocycles. The van der Waals surface area contributed by atoms with Crippen LogP contribution >= 0.6 is 27.7 Å². The van der Waals surface area contributed by atoms with Crippen LogP contribution in [0.2, 0.25) is 0 Å². The van der Waals surface area contributed by atoms with Crippen LogP contribution in [0.15, 0.2) is 27.6 Å². The Labute approximate surface area is 107 Å². The lowest BCUT2D eigenvalue weighted by atomic mass is 10.2. The Bertz CT molecular complexity index is 393. The summed E-state index contributed by atoms with van der Waals surface area (Å²) in [5.74, 6) is -0.0603. The smallest absolute Gasteiger partial charge is 0.316 e. The van der Waals surface area contributed by atoms with E-state index in [1.807, 2.05) is 6.07 Å². The molecule has 0 bridgehead atoms. The van der Waals surface area contributed by atoms with E-state index in [9.17, 15) is 9.59 Å². The zero-order valence-corrected chi connectivity index (χ0v) is 11.1. The quantitative estimate of drug-likeness (QED) is 0.476. The third-order valence-corrected chi connectivity index (χ3v) is 3.29. The van der Waals surface area contributed by atoms with Gasteiger partial charge >= 0.3 is 5.97 Å². The highest BCUT2D eigenvalue weighted by Crippen LogP contribution is 2.25. The first kappa shape index (κ1) is 13.3. The molecule has 0 saturated heterocycles. The lowest BCUT2D eigenvalue weighted by molar-refractivity contribution is -0.139. The zero-order valence-electron chi connectivity index (χ0n) is 8.73. The minimum absolute atomic E-state index is 0.213. The van der Waals surface area contributed by atoms with Gasteiger partial charge in [-0.15, -0.1) is 11.8 Å². The van der Waals surface area contributed by atoms with Crippen LogP contribution in [0.4, 0.5) is 0 Å². The number of esters is 1. The fraction of sp³-hybridized carbons (Fsp3) is 0.273. The maximum absolute atomic E-state index is 11.2. The van der Waals surface area contributed by atoms with Crippen LogP contribution in [0.25, 0.3) is 0 Å². The van der Waals surface area contributed by atoms with Gasteiger partial charge in [-0.2, -0.15) is 0 Å². The summed E-state index contributed by atoms with van der Waals surface area (Å²) >= 11 is 4.62. The molecule has 1 aromatic carbocycles. The van der Waals surface area contributed by atoms with Crippen LogP contribution in [-0.2, 0) is 9.53 Å². The molecule has 0 amide bonds. The molecule has 0 unspecified atom stereocenters. The molecule has 0 aromatic heterocycles. The first-order chi connectivity index (χ1) is 7.67. The Morgan fingerprint density at radius 1 is 1.56 bits per heavy atom. The molecule has 3 nitrogen and oxygen atoms in total. The van der Waals surface area contributed by atoms with E-state index in [1.165, 1.54) is 11.8 Å². The molecule has 0 aliphatic rings. The number of halogens is 1. The van der Waals surface area contributed by atoms with E-state index in [0.29, 0.717) is 12.2 Å². The van der Waals surface area contributed by atoms with Crippen LogP contribution in [0.1, 0.15) is 17.3 Å². The second kappa shape index (κ2) is 6.70. The summed E-state index contributed by atoms with van der Waals surface area (Å²) in [7, 11) is 0. The molecule has 1 aromatic rings. The number of carbonyl (C=O) groups excluding carboxylic acids is 2. The van der Waals surface area contributed by atoms with Gasteiger partial charge in [-0.1, -0.05) is 15.9 Å². The Balaban J connectivity index is 2.68. The Morgan fingerprint density at radius 3 is 2.94 bits per heavy atom. The Morgan fingerprint density at radius 2 is 2.31 bits per heavy atom.